The van der Waals surface area contributed by atoms with E-state index < -0.39 is 53.5 Å². The van der Waals surface area contributed by atoms with E-state index in [0.717, 1.165) is 0 Å². The molecular formula is C8HF18N. The Morgan fingerprint density at radius 3 is 0.630 bits per heavy atom. The molecule has 0 spiro atoms. The van der Waals surface area contributed by atoms with Crippen LogP contribution in [-0.4, -0.2) is 48.1 Å². The molecule has 0 fully saturated rings. The van der Waals surface area contributed by atoms with Crippen molar-refractivity contribution >= 4 is 0 Å². The second kappa shape index (κ2) is 6.10. The first-order valence-corrected chi connectivity index (χ1v) is 5.40. The number of alkyl halides is 18. The fourth-order valence-corrected chi connectivity index (χ4v) is 1.71. The Kier molecular flexibility index (Phi) is 5.80. The third-order valence-electron chi connectivity index (χ3n) is 2.83. The van der Waals surface area contributed by atoms with Crippen molar-refractivity contribution in [3.05, 3.63) is 0 Å². The van der Waals surface area contributed by atoms with Crippen LogP contribution in [0.3, 0.4) is 0 Å². The van der Waals surface area contributed by atoms with Crippen molar-refractivity contribution in [3.63, 3.8) is 0 Å². The maximum absolute atomic E-state index is 13.9. The first-order valence-electron chi connectivity index (χ1n) is 5.40. The molecule has 0 aliphatic rings. The van der Waals surface area contributed by atoms with Gasteiger partial charge in [-0.15, -0.1) is 0 Å². The molecule has 164 valence electrons. The van der Waals surface area contributed by atoms with Gasteiger partial charge in [-0.1, -0.05) is 0 Å². The predicted octanol–water partition coefficient (Wildman–Crippen LogP) is 5.43. The predicted molar refractivity (Wildman–Crippen MR) is 44.9 cm³/mol. The third-order valence-corrected chi connectivity index (χ3v) is 2.83. The van der Waals surface area contributed by atoms with Crippen LogP contribution in [0.2, 0.25) is 0 Å². The summed E-state index contributed by atoms with van der Waals surface area (Å²) < 4.78 is 225. The molecule has 0 aromatic rings. The molecule has 0 aliphatic heterocycles. The zero-order chi connectivity index (χ0) is 22.7. The summed E-state index contributed by atoms with van der Waals surface area (Å²) in [6, 6.07) is 0. The fraction of sp³-hybridized carbons (Fsp3) is 1.00. The normalized spacial score (nSPS) is 16.7. The molecule has 27 heavy (non-hydrogen) atoms. The minimum atomic E-state index is -8.68. The summed E-state index contributed by atoms with van der Waals surface area (Å²) in [5.41, 5.74) is -17.4. The van der Waals surface area contributed by atoms with Gasteiger partial charge in [0.2, 0.25) is 0 Å². The van der Waals surface area contributed by atoms with Crippen LogP contribution >= 0.6 is 0 Å². The summed E-state index contributed by atoms with van der Waals surface area (Å²) in [6.07, 6.45) is -40.5. The molecule has 0 saturated heterocycles. The lowest BCUT2D eigenvalue weighted by atomic mass is 9.78. The topological polar surface area (TPSA) is 12.0 Å². The SMILES string of the molecule is FC(F)(F)NC(F)(C(F)(C(F)(F)F)C(F)(F)F)C(F)(C(F)(F)F)C(F)(F)F. The highest BCUT2D eigenvalue weighted by Crippen LogP contribution is 2.64. The van der Waals surface area contributed by atoms with Crippen LogP contribution in [0.25, 0.3) is 0 Å². The molecule has 0 atom stereocenters. The summed E-state index contributed by atoms with van der Waals surface area (Å²) >= 11 is 0. The largest absolute Gasteiger partial charge is 0.459 e. The lowest BCUT2D eigenvalue weighted by Gasteiger charge is -2.48. The van der Waals surface area contributed by atoms with Gasteiger partial charge >= 0.3 is 42.3 Å². The van der Waals surface area contributed by atoms with E-state index in [1.807, 2.05) is 0 Å². The zero-order valence-electron chi connectivity index (χ0n) is 11.3. The van der Waals surface area contributed by atoms with Crippen molar-refractivity contribution in [2.45, 2.75) is 48.1 Å². The van der Waals surface area contributed by atoms with Crippen LogP contribution in [0.5, 0.6) is 0 Å². The van der Waals surface area contributed by atoms with Crippen molar-refractivity contribution in [1.29, 1.82) is 0 Å². The molecule has 0 aromatic carbocycles. The van der Waals surface area contributed by atoms with E-state index >= 15 is 0 Å². The summed E-state index contributed by atoms with van der Waals surface area (Å²) in [5.74, 6) is -8.58. The van der Waals surface area contributed by atoms with Gasteiger partial charge in [-0.2, -0.15) is 71.2 Å². The van der Waals surface area contributed by atoms with E-state index in [1.54, 1.807) is 0 Å². The van der Waals surface area contributed by atoms with Crippen molar-refractivity contribution < 1.29 is 79.0 Å². The Morgan fingerprint density at radius 1 is 0.333 bits per heavy atom. The highest BCUT2D eigenvalue weighted by molar-refractivity contribution is 5.22. The Bertz CT molecular complexity index is 460. The smallest absolute Gasteiger partial charge is 0.218 e. The summed E-state index contributed by atoms with van der Waals surface area (Å²) in [6.45, 7) is 0. The Hall–Kier alpha value is -1.30. The first-order chi connectivity index (χ1) is 11.2. The van der Waals surface area contributed by atoms with Gasteiger partial charge in [-0.3, -0.25) is 0 Å². The molecule has 0 unspecified atom stereocenters. The number of hydrogen-bond donors (Lipinski definition) is 1. The molecular weight excluding hydrogens is 452 g/mol. The van der Waals surface area contributed by atoms with E-state index in [2.05, 4.69) is 0 Å². The van der Waals surface area contributed by atoms with Crippen LogP contribution in [0.1, 0.15) is 0 Å². The molecule has 0 radical (unpaired) electrons. The maximum atomic E-state index is 13.9. The van der Waals surface area contributed by atoms with Crippen LogP contribution in [0.4, 0.5) is 79.0 Å². The highest BCUT2D eigenvalue weighted by Gasteiger charge is 2.97. The minimum Gasteiger partial charge on any atom is -0.218 e. The van der Waals surface area contributed by atoms with Crippen molar-refractivity contribution in [1.82, 2.24) is 5.32 Å². The van der Waals surface area contributed by atoms with Crippen molar-refractivity contribution in [2.24, 2.45) is 0 Å². The van der Waals surface area contributed by atoms with Crippen molar-refractivity contribution in [2.75, 3.05) is 0 Å². The Balaban J connectivity index is 7.55. The van der Waals surface area contributed by atoms with E-state index in [4.69, 9.17) is 0 Å². The second-order valence-electron chi connectivity index (χ2n) is 4.59. The first kappa shape index (κ1) is 25.7. The Labute approximate surface area is 134 Å². The minimum absolute atomic E-state index is 2.06. The van der Waals surface area contributed by atoms with E-state index in [0.29, 0.717) is 0 Å². The number of nitrogens with one attached hydrogen (secondary N) is 1. The van der Waals surface area contributed by atoms with Crippen LogP contribution < -0.4 is 5.32 Å². The van der Waals surface area contributed by atoms with Crippen LogP contribution in [-0.2, 0) is 0 Å². The van der Waals surface area contributed by atoms with Gasteiger partial charge in [0.05, 0.1) is 0 Å². The third kappa shape index (κ3) is 3.69. The molecule has 0 saturated carbocycles. The second-order valence-corrected chi connectivity index (χ2v) is 4.59. The molecule has 0 amide bonds. The molecule has 0 rings (SSSR count). The van der Waals surface area contributed by atoms with Gasteiger partial charge in [-0.25, -0.2) is 13.2 Å². The molecule has 19 heteroatoms. The molecule has 1 N–H and O–H groups in total. The lowest BCUT2D eigenvalue weighted by Crippen LogP contribution is -2.85. The molecule has 1 nitrogen and oxygen atoms in total. The summed E-state index contributed by atoms with van der Waals surface area (Å²) in [7, 11) is 0. The van der Waals surface area contributed by atoms with E-state index in [9.17, 15) is 79.0 Å². The monoisotopic (exact) mass is 453 g/mol. The molecule has 0 aromatic heterocycles. The van der Waals surface area contributed by atoms with Gasteiger partial charge in [0.25, 0.3) is 5.79 Å². The molecule has 0 heterocycles. The summed E-state index contributed by atoms with van der Waals surface area (Å²) in [4.78, 5) is 0. The quantitative estimate of drug-likeness (QED) is 0.445. The van der Waals surface area contributed by atoms with Crippen LogP contribution in [0, 0.1) is 0 Å². The van der Waals surface area contributed by atoms with Gasteiger partial charge in [0, 0.05) is 0 Å². The van der Waals surface area contributed by atoms with Crippen LogP contribution in [0.15, 0.2) is 0 Å². The van der Waals surface area contributed by atoms with E-state index in [1.165, 1.54) is 0 Å². The van der Waals surface area contributed by atoms with Gasteiger partial charge in [0.1, 0.15) is 0 Å². The van der Waals surface area contributed by atoms with Gasteiger partial charge < -0.3 is 0 Å². The average molecular weight is 453 g/mol. The zero-order valence-corrected chi connectivity index (χ0v) is 11.3. The fourth-order valence-electron chi connectivity index (χ4n) is 1.71. The lowest BCUT2D eigenvalue weighted by molar-refractivity contribution is -0.458. The standard InChI is InChI=1S/C8HF18N/c9-1(4(12,13)14,5(15,16)17)3(11,27-8(24,25)26)2(10,6(18,19)20)7(21,22)23/h27H. The number of hydrogen-bond acceptors (Lipinski definition) is 1. The van der Waals surface area contributed by atoms with Gasteiger partial charge in [0.15, 0.2) is 0 Å². The maximum Gasteiger partial charge on any atom is 0.459 e. The van der Waals surface area contributed by atoms with Gasteiger partial charge in [-0.05, 0) is 0 Å². The molecule has 0 aliphatic carbocycles. The van der Waals surface area contributed by atoms with Crippen molar-refractivity contribution in [3.8, 4) is 0 Å². The number of halogens is 18. The summed E-state index contributed by atoms with van der Waals surface area (Å²) in [5, 5.41) is -2.06. The number of rotatable bonds is 3. The Morgan fingerprint density at radius 2 is 0.519 bits per heavy atom. The average Bonchev–Trinajstić information content (AvgIpc) is 2.28. The highest BCUT2D eigenvalue weighted by atomic mass is 19.4. The molecule has 0 bridgehead atoms. The van der Waals surface area contributed by atoms with E-state index in [-0.39, 0.29) is 0 Å².